The van der Waals surface area contributed by atoms with Crippen LogP contribution in [-0.4, -0.2) is 38.5 Å². The molecule has 4 N–H and O–H groups in total. The smallest absolute Gasteiger partial charge is 0.264 e. The van der Waals surface area contributed by atoms with Gasteiger partial charge in [-0.05, 0) is 18.2 Å². The highest BCUT2D eigenvalue weighted by atomic mass is 16.2. The van der Waals surface area contributed by atoms with E-state index < -0.39 is 0 Å². The van der Waals surface area contributed by atoms with Gasteiger partial charge in [0.1, 0.15) is 0 Å². The Hall–Kier alpha value is -3.75. The summed E-state index contributed by atoms with van der Waals surface area (Å²) in [6.45, 7) is 0.187. The number of rotatable bonds is 6. The molecule has 2 amide bonds. The Morgan fingerprint density at radius 1 is 1.15 bits per heavy atom. The number of nitrogens with one attached hydrogen (secondary N) is 4. The maximum Gasteiger partial charge on any atom is 0.264 e. The standard InChI is InChI=1S/C17H16N6O3/c24-14(21-17-19-8-9-20-17)6-7-18-16(26)12-3-1-2-11(10-12)13-4-5-15(25)23-22-13/h1-5,8-10H,6-7H2,(H,18,26)(H,23,25)(H2,19,20,21,24). The summed E-state index contributed by atoms with van der Waals surface area (Å²) >= 11 is 0. The molecule has 0 radical (unpaired) electrons. The summed E-state index contributed by atoms with van der Waals surface area (Å²) in [7, 11) is 0. The lowest BCUT2D eigenvalue weighted by Crippen LogP contribution is -2.27. The Kier molecular flexibility index (Phi) is 5.18. The van der Waals surface area contributed by atoms with Gasteiger partial charge in [-0.3, -0.25) is 19.7 Å². The van der Waals surface area contributed by atoms with Crippen LogP contribution in [0.3, 0.4) is 0 Å². The van der Waals surface area contributed by atoms with Crippen LogP contribution >= 0.6 is 0 Å². The molecule has 9 heteroatoms. The van der Waals surface area contributed by atoms with Crippen LogP contribution in [0.4, 0.5) is 5.95 Å². The number of hydrogen-bond donors (Lipinski definition) is 4. The maximum absolute atomic E-state index is 12.2. The Balaban J connectivity index is 1.56. The van der Waals surface area contributed by atoms with Crippen LogP contribution in [-0.2, 0) is 4.79 Å². The molecule has 26 heavy (non-hydrogen) atoms. The van der Waals surface area contributed by atoms with E-state index in [1.165, 1.54) is 12.3 Å². The van der Waals surface area contributed by atoms with Crippen molar-refractivity contribution >= 4 is 17.8 Å². The van der Waals surface area contributed by atoms with Crippen molar-refractivity contribution in [2.45, 2.75) is 6.42 Å². The third-order valence-electron chi connectivity index (χ3n) is 3.49. The SMILES string of the molecule is O=C(CCNC(=O)c1cccc(-c2ccc(=O)[nH]n2)c1)Nc1ncc[nH]1. The number of carbonyl (C=O) groups is 2. The summed E-state index contributed by atoms with van der Waals surface area (Å²) in [4.78, 5) is 41.7. The molecule has 0 atom stereocenters. The van der Waals surface area contributed by atoms with Gasteiger partial charge in [0.25, 0.3) is 11.5 Å². The van der Waals surface area contributed by atoms with Crippen molar-refractivity contribution in [3.05, 3.63) is 64.7 Å². The van der Waals surface area contributed by atoms with Gasteiger partial charge in [0.2, 0.25) is 11.9 Å². The van der Waals surface area contributed by atoms with Gasteiger partial charge in [0, 0.05) is 42.6 Å². The molecule has 9 nitrogen and oxygen atoms in total. The molecule has 0 aliphatic carbocycles. The highest BCUT2D eigenvalue weighted by Gasteiger charge is 2.09. The molecular weight excluding hydrogens is 336 g/mol. The van der Waals surface area contributed by atoms with Crippen LogP contribution in [0.15, 0.2) is 53.6 Å². The lowest BCUT2D eigenvalue weighted by molar-refractivity contribution is -0.116. The first kappa shape index (κ1) is 17.1. The first-order valence-electron chi connectivity index (χ1n) is 7.85. The third-order valence-corrected chi connectivity index (χ3v) is 3.49. The van der Waals surface area contributed by atoms with E-state index in [9.17, 15) is 14.4 Å². The fraction of sp³-hybridized carbons (Fsp3) is 0.118. The second kappa shape index (κ2) is 7.88. The second-order valence-corrected chi connectivity index (χ2v) is 5.38. The number of nitrogens with zero attached hydrogens (tertiary/aromatic N) is 2. The van der Waals surface area contributed by atoms with Crippen LogP contribution in [0.2, 0.25) is 0 Å². The summed E-state index contributed by atoms with van der Waals surface area (Å²) in [6.07, 6.45) is 3.25. The Labute approximate surface area is 147 Å². The molecule has 0 saturated carbocycles. The number of anilines is 1. The number of carbonyl (C=O) groups excluding carboxylic acids is 2. The number of aromatic nitrogens is 4. The molecule has 0 fully saturated rings. The van der Waals surface area contributed by atoms with Crippen LogP contribution in [0, 0.1) is 0 Å². The Morgan fingerprint density at radius 3 is 2.77 bits per heavy atom. The molecule has 132 valence electrons. The minimum atomic E-state index is -0.304. The van der Waals surface area contributed by atoms with Crippen molar-refractivity contribution in [1.29, 1.82) is 0 Å². The van der Waals surface area contributed by atoms with Crippen LogP contribution in [0.5, 0.6) is 0 Å². The first-order chi connectivity index (χ1) is 12.6. The lowest BCUT2D eigenvalue weighted by Gasteiger charge is -2.07. The number of H-pyrrole nitrogens is 2. The molecule has 0 aliphatic rings. The summed E-state index contributed by atoms with van der Waals surface area (Å²) < 4.78 is 0. The van der Waals surface area contributed by atoms with Crippen molar-refractivity contribution in [3.8, 4) is 11.3 Å². The zero-order chi connectivity index (χ0) is 18.4. The molecule has 3 rings (SSSR count). The van der Waals surface area contributed by atoms with Crippen molar-refractivity contribution in [2.24, 2.45) is 0 Å². The number of hydrogen-bond acceptors (Lipinski definition) is 5. The highest BCUT2D eigenvalue weighted by molar-refractivity contribution is 5.96. The fourth-order valence-electron chi connectivity index (χ4n) is 2.24. The largest absolute Gasteiger partial charge is 0.352 e. The van der Waals surface area contributed by atoms with Gasteiger partial charge in [0.15, 0.2) is 0 Å². The molecular formula is C17H16N6O3. The van der Waals surface area contributed by atoms with Crippen LogP contribution in [0.1, 0.15) is 16.8 Å². The van der Waals surface area contributed by atoms with Gasteiger partial charge < -0.3 is 10.3 Å². The lowest BCUT2D eigenvalue weighted by atomic mass is 10.1. The number of aromatic amines is 2. The van der Waals surface area contributed by atoms with Crippen molar-refractivity contribution < 1.29 is 9.59 Å². The van der Waals surface area contributed by atoms with Crippen LogP contribution < -0.4 is 16.2 Å². The van der Waals surface area contributed by atoms with Crippen LogP contribution in [0.25, 0.3) is 11.3 Å². The topological polar surface area (TPSA) is 133 Å². The summed E-state index contributed by atoms with van der Waals surface area (Å²) in [5, 5.41) is 11.6. The molecule has 3 aromatic rings. The van der Waals surface area contributed by atoms with Gasteiger partial charge in [0.05, 0.1) is 5.69 Å². The van der Waals surface area contributed by atoms with E-state index in [4.69, 9.17) is 0 Å². The first-order valence-corrected chi connectivity index (χ1v) is 7.85. The van der Waals surface area contributed by atoms with Gasteiger partial charge >= 0.3 is 0 Å². The monoisotopic (exact) mass is 352 g/mol. The van der Waals surface area contributed by atoms with E-state index in [-0.39, 0.29) is 30.3 Å². The second-order valence-electron chi connectivity index (χ2n) is 5.38. The van der Waals surface area contributed by atoms with E-state index in [2.05, 4.69) is 30.8 Å². The van der Waals surface area contributed by atoms with E-state index in [0.29, 0.717) is 22.8 Å². The van der Waals surface area contributed by atoms with E-state index in [1.54, 1.807) is 36.5 Å². The highest BCUT2D eigenvalue weighted by Crippen LogP contribution is 2.16. The number of imidazole rings is 1. The number of amides is 2. The molecule has 2 heterocycles. The molecule has 0 aliphatic heterocycles. The molecule has 0 spiro atoms. The Bertz CT molecular complexity index is 944. The zero-order valence-electron chi connectivity index (χ0n) is 13.7. The van der Waals surface area contributed by atoms with Gasteiger partial charge in [-0.15, -0.1) is 0 Å². The Morgan fingerprint density at radius 2 is 2.04 bits per heavy atom. The van der Waals surface area contributed by atoms with Gasteiger partial charge in [-0.2, -0.15) is 5.10 Å². The predicted octanol–water partition coefficient (Wildman–Crippen LogP) is 0.919. The third kappa shape index (κ3) is 4.41. The summed E-state index contributed by atoms with van der Waals surface area (Å²) in [5.41, 5.74) is 1.39. The van der Waals surface area contributed by atoms with Crippen molar-refractivity contribution in [3.63, 3.8) is 0 Å². The van der Waals surface area contributed by atoms with E-state index >= 15 is 0 Å². The molecule has 0 unspecified atom stereocenters. The summed E-state index contributed by atoms with van der Waals surface area (Å²) in [6, 6.07) is 9.78. The van der Waals surface area contributed by atoms with Gasteiger partial charge in [-0.1, -0.05) is 12.1 Å². The summed E-state index contributed by atoms with van der Waals surface area (Å²) in [5.74, 6) is -0.198. The molecule has 2 aromatic heterocycles. The average molecular weight is 352 g/mol. The quantitative estimate of drug-likeness (QED) is 0.523. The van der Waals surface area contributed by atoms with Crippen molar-refractivity contribution in [2.75, 3.05) is 11.9 Å². The van der Waals surface area contributed by atoms with Gasteiger partial charge in [-0.25, -0.2) is 10.1 Å². The maximum atomic E-state index is 12.2. The zero-order valence-corrected chi connectivity index (χ0v) is 13.7. The predicted molar refractivity (Wildman–Crippen MR) is 94.5 cm³/mol. The normalized spacial score (nSPS) is 10.3. The molecule has 0 bridgehead atoms. The van der Waals surface area contributed by atoms with E-state index in [0.717, 1.165) is 0 Å². The minimum Gasteiger partial charge on any atom is -0.352 e. The molecule has 1 aromatic carbocycles. The minimum absolute atomic E-state index is 0.119. The van der Waals surface area contributed by atoms with Crippen molar-refractivity contribution in [1.82, 2.24) is 25.5 Å². The number of benzene rings is 1. The fourth-order valence-corrected chi connectivity index (χ4v) is 2.24. The average Bonchev–Trinajstić information content (AvgIpc) is 3.15. The molecule has 0 saturated heterocycles. The van der Waals surface area contributed by atoms with E-state index in [1.807, 2.05) is 0 Å².